The van der Waals surface area contributed by atoms with E-state index in [9.17, 15) is 8.42 Å². The van der Waals surface area contributed by atoms with Crippen LogP contribution >= 0.6 is 0 Å². The largest absolute Gasteiger partial charge is 0.317 e. The summed E-state index contributed by atoms with van der Waals surface area (Å²) in [5.41, 5.74) is 0. The first kappa shape index (κ1) is 19.0. The summed E-state index contributed by atoms with van der Waals surface area (Å²) in [6, 6.07) is 0. The van der Waals surface area contributed by atoms with Gasteiger partial charge in [-0.05, 0) is 68.9 Å². The van der Waals surface area contributed by atoms with Crippen LogP contribution in [0.25, 0.3) is 0 Å². The van der Waals surface area contributed by atoms with Crippen molar-refractivity contribution in [3.63, 3.8) is 0 Å². The second-order valence-electron chi connectivity index (χ2n) is 7.02. The normalized spacial score (nSPS) is 27.2. The van der Waals surface area contributed by atoms with Gasteiger partial charge in [-0.15, -0.1) is 0 Å². The molecule has 0 aromatic carbocycles. The molecule has 3 unspecified atom stereocenters. The third-order valence-electron chi connectivity index (χ3n) is 5.25. The number of nitrogens with one attached hydrogen (secondary N) is 1. The van der Waals surface area contributed by atoms with Crippen molar-refractivity contribution >= 4 is 9.84 Å². The second-order valence-corrected chi connectivity index (χ2v) is 9.50. The molecule has 4 heteroatoms. The molecule has 21 heavy (non-hydrogen) atoms. The molecule has 1 aliphatic carbocycles. The van der Waals surface area contributed by atoms with Gasteiger partial charge in [0.1, 0.15) is 9.84 Å². The molecule has 0 aromatic heterocycles. The van der Waals surface area contributed by atoms with Crippen LogP contribution in [-0.2, 0) is 9.84 Å². The molecule has 0 aliphatic heterocycles. The van der Waals surface area contributed by atoms with Crippen LogP contribution in [0.4, 0.5) is 0 Å². The summed E-state index contributed by atoms with van der Waals surface area (Å²) in [5.74, 6) is 3.69. The zero-order valence-electron chi connectivity index (χ0n) is 14.4. The van der Waals surface area contributed by atoms with Crippen LogP contribution < -0.4 is 5.32 Å². The number of sulfone groups is 1. The standard InChI is InChI=1S/C17H35NO2S/c1-5-18-13-17-10-9-15(14(3)4)12-16(17)8-7-11-21(19,20)6-2/h14-18H,5-13H2,1-4H3. The highest BCUT2D eigenvalue weighted by Gasteiger charge is 2.31. The third-order valence-corrected chi connectivity index (χ3v) is 7.04. The fourth-order valence-electron chi connectivity index (χ4n) is 3.63. The lowest BCUT2D eigenvalue weighted by molar-refractivity contribution is 0.137. The van der Waals surface area contributed by atoms with Gasteiger partial charge in [-0.25, -0.2) is 8.42 Å². The van der Waals surface area contributed by atoms with E-state index in [0.717, 1.165) is 43.7 Å². The van der Waals surface area contributed by atoms with Gasteiger partial charge < -0.3 is 5.32 Å². The maximum absolute atomic E-state index is 11.7. The Balaban J connectivity index is 2.53. The molecule has 1 aliphatic rings. The first-order chi connectivity index (χ1) is 9.89. The van der Waals surface area contributed by atoms with Gasteiger partial charge >= 0.3 is 0 Å². The van der Waals surface area contributed by atoms with Crippen molar-refractivity contribution in [2.75, 3.05) is 24.6 Å². The first-order valence-corrected chi connectivity index (χ1v) is 10.6. The lowest BCUT2D eigenvalue weighted by Crippen LogP contribution is -2.34. The average molecular weight is 318 g/mol. The molecule has 0 aromatic rings. The Kier molecular flexibility index (Phi) is 8.25. The van der Waals surface area contributed by atoms with Crippen LogP contribution in [0.5, 0.6) is 0 Å². The minimum atomic E-state index is -2.80. The summed E-state index contributed by atoms with van der Waals surface area (Å²) in [6.45, 7) is 10.7. The minimum Gasteiger partial charge on any atom is -0.317 e. The zero-order valence-corrected chi connectivity index (χ0v) is 15.2. The average Bonchev–Trinajstić information content (AvgIpc) is 2.45. The maximum Gasteiger partial charge on any atom is 0.150 e. The lowest BCUT2D eigenvalue weighted by Gasteiger charge is -2.38. The Morgan fingerprint density at radius 1 is 1.14 bits per heavy atom. The summed E-state index contributed by atoms with van der Waals surface area (Å²) in [6.07, 6.45) is 5.87. The van der Waals surface area contributed by atoms with E-state index in [1.165, 1.54) is 19.3 Å². The van der Waals surface area contributed by atoms with E-state index in [-0.39, 0.29) is 5.75 Å². The van der Waals surface area contributed by atoms with Gasteiger partial charge in [-0.3, -0.25) is 0 Å². The van der Waals surface area contributed by atoms with Gasteiger partial charge in [0.05, 0.1) is 5.75 Å². The minimum absolute atomic E-state index is 0.285. The van der Waals surface area contributed by atoms with Crippen molar-refractivity contribution < 1.29 is 8.42 Å². The molecule has 0 bridgehead atoms. The summed E-state index contributed by atoms with van der Waals surface area (Å²) in [5, 5.41) is 3.49. The number of hydrogen-bond acceptors (Lipinski definition) is 3. The molecule has 0 saturated heterocycles. The fourth-order valence-corrected chi connectivity index (χ4v) is 4.53. The first-order valence-electron chi connectivity index (χ1n) is 8.80. The molecule has 126 valence electrons. The second kappa shape index (κ2) is 9.14. The van der Waals surface area contributed by atoms with Crippen molar-refractivity contribution in [3.05, 3.63) is 0 Å². The molecule has 3 atom stereocenters. The van der Waals surface area contributed by atoms with Gasteiger partial charge in [0.25, 0.3) is 0 Å². The van der Waals surface area contributed by atoms with Crippen LogP contribution in [0.2, 0.25) is 0 Å². The lowest BCUT2D eigenvalue weighted by atomic mass is 9.69. The van der Waals surface area contributed by atoms with Gasteiger partial charge in [0.15, 0.2) is 0 Å². The predicted molar refractivity (Wildman–Crippen MR) is 91.3 cm³/mol. The summed E-state index contributed by atoms with van der Waals surface area (Å²) < 4.78 is 23.3. The molecule has 0 spiro atoms. The monoisotopic (exact) mass is 317 g/mol. The molecular weight excluding hydrogens is 282 g/mol. The predicted octanol–water partition coefficient (Wildman–Crippen LogP) is 3.50. The van der Waals surface area contributed by atoms with E-state index in [1.807, 2.05) is 0 Å². The van der Waals surface area contributed by atoms with E-state index >= 15 is 0 Å². The highest BCUT2D eigenvalue weighted by Crippen LogP contribution is 2.39. The summed E-state index contributed by atoms with van der Waals surface area (Å²) >= 11 is 0. The SMILES string of the molecule is CCNCC1CCC(C(C)C)CC1CCCS(=O)(=O)CC. The van der Waals surface area contributed by atoms with Gasteiger partial charge in [0, 0.05) is 5.75 Å². The van der Waals surface area contributed by atoms with Crippen molar-refractivity contribution in [2.45, 2.75) is 59.8 Å². The van der Waals surface area contributed by atoms with Crippen molar-refractivity contribution in [2.24, 2.45) is 23.7 Å². The maximum atomic E-state index is 11.7. The molecule has 1 saturated carbocycles. The van der Waals surface area contributed by atoms with Gasteiger partial charge in [-0.2, -0.15) is 0 Å². The quantitative estimate of drug-likeness (QED) is 0.708. The van der Waals surface area contributed by atoms with E-state index < -0.39 is 9.84 Å². The Morgan fingerprint density at radius 3 is 2.43 bits per heavy atom. The molecule has 1 N–H and O–H groups in total. The van der Waals surface area contributed by atoms with Crippen LogP contribution in [0.1, 0.15) is 59.8 Å². The fraction of sp³-hybridized carbons (Fsp3) is 1.00. The number of rotatable bonds is 9. The molecule has 1 rings (SSSR count). The van der Waals surface area contributed by atoms with E-state index in [2.05, 4.69) is 26.1 Å². The molecule has 3 nitrogen and oxygen atoms in total. The van der Waals surface area contributed by atoms with Crippen molar-refractivity contribution in [1.82, 2.24) is 5.32 Å². The van der Waals surface area contributed by atoms with Crippen molar-refractivity contribution in [3.8, 4) is 0 Å². The van der Waals surface area contributed by atoms with Crippen LogP contribution in [0, 0.1) is 23.7 Å². The Bertz CT molecular complexity index is 378. The Hall–Kier alpha value is -0.0900. The Morgan fingerprint density at radius 2 is 1.86 bits per heavy atom. The van der Waals surface area contributed by atoms with Crippen molar-refractivity contribution in [1.29, 1.82) is 0 Å². The smallest absolute Gasteiger partial charge is 0.150 e. The topological polar surface area (TPSA) is 46.2 Å². The van der Waals surface area contributed by atoms with E-state index in [1.54, 1.807) is 6.92 Å². The molecule has 0 radical (unpaired) electrons. The van der Waals surface area contributed by atoms with E-state index in [0.29, 0.717) is 11.7 Å². The highest BCUT2D eigenvalue weighted by atomic mass is 32.2. The third kappa shape index (κ3) is 6.68. The Labute approximate surface area is 132 Å². The molecule has 0 heterocycles. The van der Waals surface area contributed by atoms with Crippen LogP contribution in [0.15, 0.2) is 0 Å². The zero-order chi connectivity index (χ0) is 15.9. The van der Waals surface area contributed by atoms with Gasteiger partial charge in [0.2, 0.25) is 0 Å². The molecule has 0 amide bonds. The highest BCUT2D eigenvalue weighted by molar-refractivity contribution is 7.91. The van der Waals surface area contributed by atoms with Gasteiger partial charge in [-0.1, -0.05) is 27.7 Å². The van der Waals surface area contributed by atoms with E-state index in [4.69, 9.17) is 0 Å². The summed E-state index contributed by atoms with van der Waals surface area (Å²) in [4.78, 5) is 0. The van der Waals surface area contributed by atoms with Crippen LogP contribution in [0.3, 0.4) is 0 Å². The number of hydrogen-bond donors (Lipinski definition) is 1. The molecular formula is C17H35NO2S. The molecule has 1 fully saturated rings. The summed E-state index contributed by atoms with van der Waals surface area (Å²) in [7, 11) is -2.80. The van der Waals surface area contributed by atoms with Crippen LogP contribution in [-0.4, -0.2) is 33.0 Å².